The van der Waals surface area contributed by atoms with E-state index in [9.17, 15) is 14.9 Å². The number of nitro benzene ring substituents is 1. The second-order valence-electron chi connectivity index (χ2n) is 4.29. The molecule has 0 atom stereocenters. The van der Waals surface area contributed by atoms with Gasteiger partial charge in [0.15, 0.2) is 12.0 Å². The second-order valence-corrected chi connectivity index (χ2v) is 4.29. The monoisotopic (exact) mass is 296 g/mol. The number of likely N-dealkylation sites (N-methyl/N-ethyl adjacent to an activating group) is 1. The predicted molar refractivity (Wildman–Crippen MR) is 78.3 cm³/mol. The average molecular weight is 296 g/mol. The molecule has 1 aromatic rings. The highest BCUT2D eigenvalue weighted by molar-refractivity contribution is 5.85. The summed E-state index contributed by atoms with van der Waals surface area (Å²) >= 11 is 0. The Balaban J connectivity index is 2.95. The molecule has 0 spiro atoms. The molecule has 0 heterocycles. The van der Waals surface area contributed by atoms with E-state index in [1.165, 1.54) is 19.2 Å². The number of nitro groups is 1. The van der Waals surface area contributed by atoms with Crippen molar-refractivity contribution < 1.29 is 19.2 Å². The van der Waals surface area contributed by atoms with Crippen LogP contribution in [-0.2, 0) is 0 Å². The maximum Gasteiger partial charge on any atom is 0.325 e. The van der Waals surface area contributed by atoms with Gasteiger partial charge in [-0.05, 0) is 25.2 Å². The quantitative estimate of drug-likeness (QED) is 0.394. The molecule has 0 fully saturated rings. The van der Waals surface area contributed by atoms with E-state index in [4.69, 9.17) is 9.47 Å². The summed E-state index contributed by atoms with van der Waals surface area (Å²) in [5, 5.41) is 11.1. The van der Waals surface area contributed by atoms with E-state index >= 15 is 0 Å². The molecule has 0 radical (unpaired) electrons. The van der Waals surface area contributed by atoms with Crippen molar-refractivity contribution in [3.05, 3.63) is 27.8 Å². The van der Waals surface area contributed by atoms with Crippen LogP contribution in [0.4, 0.5) is 5.69 Å². The van der Waals surface area contributed by atoms with Gasteiger partial charge in [0.05, 0.1) is 17.6 Å². The van der Waals surface area contributed by atoms with E-state index in [1.807, 2.05) is 13.8 Å². The zero-order chi connectivity index (χ0) is 15.8. The average Bonchev–Trinajstić information content (AvgIpc) is 2.50. The number of carbonyl (C=O) groups is 1. The van der Waals surface area contributed by atoms with E-state index in [0.29, 0.717) is 19.4 Å². The van der Waals surface area contributed by atoms with Crippen LogP contribution >= 0.6 is 0 Å². The third-order valence-electron chi connectivity index (χ3n) is 3.20. The van der Waals surface area contributed by atoms with Crippen molar-refractivity contribution in [1.82, 2.24) is 4.90 Å². The van der Waals surface area contributed by atoms with Crippen LogP contribution in [0.25, 0.3) is 0 Å². The first-order valence-corrected chi connectivity index (χ1v) is 6.74. The van der Waals surface area contributed by atoms with Gasteiger partial charge in [-0.1, -0.05) is 13.8 Å². The maximum atomic E-state index is 11.1. The summed E-state index contributed by atoms with van der Waals surface area (Å²) in [5.41, 5.74) is -0.402. The molecule has 0 saturated heterocycles. The van der Waals surface area contributed by atoms with Gasteiger partial charge in [0, 0.05) is 6.54 Å². The number of ether oxygens (including phenoxy) is 2. The Bertz CT molecular complexity index is 500. The molecule has 7 nitrogen and oxygen atoms in total. The Labute approximate surface area is 123 Å². The van der Waals surface area contributed by atoms with E-state index in [1.54, 1.807) is 0 Å². The SMILES string of the molecule is CCN(CC)CCOc1ccc(C=O)c([N+](=O)[O-])c1OC. The minimum atomic E-state index is -0.639. The normalized spacial score (nSPS) is 10.5. The molecule has 0 aliphatic heterocycles. The first-order chi connectivity index (χ1) is 10.1. The predicted octanol–water partition coefficient (Wildman–Crippen LogP) is 2.14. The fraction of sp³-hybridized carbons (Fsp3) is 0.500. The van der Waals surface area contributed by atoms with Crippen LogP contribution in [0.5, 0.6) is 11.5 Å². The standard InChI is InChI=1S/C14H20N2O5/c1-4-15(5-2)8-9-21-12-7-6-11(10-17)13(16(18)19)14(12)20-3/h6-7,10H,4-5,8-9H2,1-3H3. The molecule has 1 aromatic carbocycles. The largest absolute Gasteiger partial charge is 0.488 e. The molecule has 21 heavy (non-hydrogen) atoms. The third kappa shape index (κ3) is 4.16. The lowest BCUT2D eigenvalue weighted by molar-refractivity contribution is -0.386. The molecular weight excluding hydrogens is 276 g/mol. The highest BCUT2D eigenvalue weighted by atomic mass is 16.6. The van der Waals surface area contributed by atoms with Gasteiger partial charge in [-0.25, -0.2) is 0 Å². The minimum Gasteiger partial charge on any atom is -0.488 e. The van der Waals surface area contributed by atoms with E-state index in [-0.39, 0.29) is 22.7 Å². The number of benzene rings is 1. The maximum absolute atomic E-state index is 11.1. The van der Waals surface area contributed by atoms with Crippen LogP contribution < -0.4 is 9.47 Å². The number of carbonyl (C=O) groups excluding carboxylic acids is 1. The van der Waals surface area contributed by atoms with E-state index in [2.05, 4.69) is 4.90 Å². The van der Waals surface area contributed by atoms with Gasteiger partial charge in [-0.15, -0.1) is 0 Å². The zero-order valence-electron chi connectivity index (χ0n) is 12.5. The summed E-state index contributed by atoms with van der Waals surface area (Å²) < 4.78 is 10.6. The van der Waals surface area contributed by atoms with E-state index in [0.717, 1.165) is 13.1 Å². The number of hydrogen-bond donors (Lipinski definition) is 0. The zero-order valence-corrected chi connectivity index (χ0v) is 12.5. The van der Waals surface area contributed by atoms with Crippen molar-refractivity contribution in [2.75, 3.05) is 33.4 Å². The number of nitrogens with zero attached hydrogens (tertiary/aromatic N) is 2. The van der Waals surface area contributed by atoms with Crippen molar-refractivity contribution >= 4 is 12.0 Å². The molecule has 0 amide bonds. The Morgan fingerprint density at radius 3 is 2.48 bits per heavy atom. The lowest BCUT2D eigenvalue weighted by Gasteiger charge is -2.18. The van der Waals surface area contributed by atoms with Crippen LogP contribution in [0.2, 0.25) is 0 Å². The van der Waals surface area contributed by atoms with Crippen LogP contribution in [0, 0.1) is 10.1 Å². The first-order valence-electron chi connectivity index (χ1n) is 6.74. The Hall–Kier alpha value is -2.15. The molecule has 0 aliphatic carbocycles. The fourth-order valence-electron chi connectivity index (χ4n) is 1.99. The highest BCUT2D eigenvalue weighted by Crippen LogP contribution is 2.38. The van der Waals surface area contributed by atoms with Crippen LogP contribution in [0.1, 0.15) is 24.2 Å². The summed E-state index contributed by atoms with van der Waals surface area (Å²) in [7, 11) is 1.31. The van der Waals surface area contributed by atoms with Gasteiger partial charge in [0.1, 0.15) is 6.61 Å². The van der Waals surface area contributed by atoms with Gasteiger partial charge in [-0.3, -0.25) is 14.9 Å². The number of rotatable bonds is 9. The lowest BCUT2D eigenvalue weighted by Crippen LogP contribution is -2.28. The van der Waals surface area contributed by atoms with Gasteiger partial charge in [-0.2, -0.15) is 0 Å². The van der Waals surface area contributed by atoms with Crippen molar-refractivity contribution in [1.29, 1.82) is 0 Å². The number of aldehydes is 1. The number of methoxy groups -OCH3 is 1. The van der Waals surface area contributed by atoms with Crippen LogP contribution in [0.3, 0.4) is 0 Å². The Morgan fingerprint density at radius 1 is 1.33 bits per heavy atom. The molecule has 0 aliphatic rings. The van der Waals surface area contributed by atoms with Crippen molar-refractivity contribution in [3.8, 4) is 11.5 Å². The molecular formula is C14H20N2O5. The summed E-state index contributed by atoms with van der Waals surface area (Å²) in [6, 6.07) is 2.87. The second kappa shape index (κ2) is 8.21. The smallest absolute Gasteiger partial charge is 0.325 e. The number of hydrogen-bond acceptors (Lipinski definition) is 6. The Morgan fingerprint density at radius 2 is 2.00 bits per heavy atom. The van der Waals surface area contributed by atoms with Crippen molar-refractivity contribution in [2.45, 2.75) is 13.8 Å². The molecule has 0 saturated carbocycles. The highest BCUT2D eigenvalue weighted by Gasteiger charge is 2.25. The summed E-state index contributed by atoms with van der Waals surface area (Å²) in [6.07, 6.45) is 0.431. The molecule has 0 unspecified atom stereocenters. The summed E-state index contributed by atoms with van der Waals surface area (Å²) in [5.74, 6) is 0.242. The molecule has 0 N–H and O–H groups in total. The molecule has 0 aromatic heterocycles. The van der Waals surface area contributed by atoms with E-state index < -0.39 is 4.92 Å². The third-order valence-corrected chi connectivity index (χ3v) is 3.20. The Kier molecular flexibility index (Phi) is 6.61. The van der Waals surface area contributed by atoms with Crippen LogP contribution in [0.15, 0.2) is 12.1 Å². The molecule has 1 rings (SSSR count). The topological polar surface area (TPSA) is 81.9 Å². The minimum absolute atomic E-state index is 0.0239. The molecule has 0 bridgehead atoms. The first kappa shape index (κ1) is 16.9. The van der Waals surface area contributed by atoms with Crippen molar-refractivity contribution in [2.24, 2.45) is 0 Å². The van der Waals surface area contributed by atoms with Gasteiger partial charge in [0.25, 0.3) is 0 Å². The van der Waals surface area contributed by atoms with Gasteiger partial charge < -0.3 is 14.4 Å². The van der Waals surface area contributed by atoms with Crippen LogP contribution in [-0.4, -0.2) is 49.5 Å². The lowest BCUT2D eigenvalue weighted by atomic mass is 10.1. The fourth-order valence-corrected chi connectivity index (χ4v) is 1.99. The summed E-state index contributed by atoms with van der Waals surface area (Å²) in [6.45, 7) is 7.00. The van der Waals surface area contributed by atoms with Gasteiger partial charge >= 0.3 is 5.69 Å². The van der Waals surface area contributed by atoms with Crippen molar-refractivity contribution in [3.63, 3.8) is 0 Å². The molecule has 7 heteroatoms. The molecule has 116 valence electrons. The van der Waals surface area contributed by atoms with Gasteiger partial charge in [0.2, 0.25) is 5.75 Å². The summed E-state index contributed by atoms with van der Waals surface area (Å²) in [4.78, 5) is 23.5.